The van der Waals surface area contributed by atoms with Gasteiger partial charge in [-0.25, -0.2) is 0 Å². The van der Waals surface area contributed by atoms with Gasteiger partial charge in [0.25, 0.3) is 0 Å². The summed E-state index contributed by atoms with van der Waals surface area (Å²) in [6, 6.07) is 17.1. The molecule has 0 amide bonds. The van der Waals surface area contributed by atoms with E-state index in [0.29, 0.717) is 11.7 Å². The lowest BCUT2D eigenvalue weighted by atomic mass is 10.0. The van der Waals surface area contributed by atoms with E-state index >= 15 is 0 Å². The maximum Gasteiger partial charge on any atom is 0.169 e. The van der Waals surface area contributed by atoms with Crippen molar-refractivity contribution in [2.45, 2.75) is 18.7 Å². The van der Waals surface area contributed by atoms with Gasteiger partial charge in [-0.2, -0.15) is 0 Å². The van der Waals surface area contributed by atoms with E-state index in [1.807, 2.05) is 6.92 Å². The van der Waals surface area contributed by atoms with Crippen molar-refractivity contribution in [2.75, 3.05) is 12.4 Å². The summed E-state index contributed by atoms with van der Waals surface area (Å²) in [4.78, 5) is 1.21. The fourth-order valence-corrected chi connectivity index (χ4v) is 2.83. The topological polar surface area (TPSA) is 9.23 Å². The fraction of sp³-hybridized carbons (Fsp3) is 0.235. The summed E-state index contributed by atoms with van der Waals surface area (Å²) in [6.07, 6.45) is 0. The number of rotatable bonds is 5. The van der Waals surface area contributed by atoms with E-state index in [0.717, 1.165) is 5.75 Å². The zero-order chi connectivity index (χ0) is 14.4. The minimum absolute atomic E-state index is 0.645. The minimum Gasteiger partial charge on any atom is -0.486 e. The highest BCUT2D eigenvalue weighted by Crippen LogP contribution is 2.24. The molecule has 1 nitrogen and oxygen atoms in total. The number of benzene rings is 2. The van der Waals surface area contributed by atoms with E-state index in [2.05, 4.69) is 55.5 Å². The number of aryl methyl sites for hydroxylation is 1. The lowest BCUT2D eigenvalue weighted by molar-refractivity contribution is 0.335. The van der Waals surface area contributed by atoms with Crippen LogP contribution in [0.4, 0.5) is 0 Å². The summed E-state index contributed by atoms with van der Waals surface area (Å²) in [5.41, 5.74) is 3.77. The second-order valence-corrected chi connectivity index (χ2v) is 5.99. The maximum absolute atomic E-state index is 5.28. The summed E-state index contributed by atoms with van der Waals surface area (Å²) in [5, 5.41) is 0.667. The highest BCUT2D eigenvalue weighted by Gasteiger charge is 2.01. The Labute approximate surface area is 130 Å². The van der Waals surface area contributed by atoms with Gasteiger partial charge in [-0.3, -0.25) is 0 Å². The molecule has 0 atom stereocenters. The van der Waals surface area contributed by atoms with Crippen LogP contribution in [0.5, 0.6) is 0 Å². The van der Waals surface area contributed by atoms with Crippen LogP contribution in [-0.4, -0.2) is 17.4 Å². The summed E-state index contributed by atoms with van der Waals surface area (Å²) in [5.74, 6) is 0.729. The largest absolute Gasteiger partial charge is 0.486 e. The number of hydrogen-bond acceptors (Lipinski definition) is 3. The molecule has 0 saturated carbocycles. The molecule has 2 aromatic carbocycles. The molecule has 0 aliphatic rings. The van der Waals surface area contributed by atoms with E-state index in [1.165, 1.54) is 21.6 Å². The Hall–Kier alpha value is -1.32. The van der Waals surface area contributed by atoms with Crippen molar-refractivity contribution in [3.8, 4) is 11.1 Å². The van der Waals surface area contributed by atoms with Crippen molar-refractivity contribution in [1.82, 2.24) is 0 Å². The zero-order valence-corrected chi connectivity index (χ0v) is 13.4. The predicted octanol–water partition coefficient (Wildman–Crippen LogP) is 5.12. The Balaban J connectivity index is 1.99. The summed E-state index contributed by atoms with van der Waals surface area (Å²) in [6.45, 7) is 4.70. The van der Waals surface area contributed by atoms with Gasteiger partial charge in [0.2, 0.25) is 0 Å². The third-order valence-corrected chi connectivity index (χ3v) is 4.36. The minimum atomic E-state index is 0.645. The number of thioether (sulfide) groups is 1. The molecule has 2 aromatic rings. The second kappa shape index (κ2) is 7.46. The Morgan fingerprint density at radius 3 is 2.10 bits per heavy atom. The van der Waals surface area contributed by atoms with Crippen molar-refractivity contribution < 1.29 is 4.74 Å². The van der Waals surface area contributed by atoms with E-state index in [1.54, 1.807) is 11.8 Å². The van der Waals surface area contributed by atoms with Gasteiger partial charge in [0, 0.05) is 4.90 Å². The first kappa shape index (κ1) is 15.1. The third kappa shape index (κ3) is 4.36. The molecule has 0 radical (unpaired) electrons. The molecule has 104 valence electrons. The summed E-state index contributed by atoms with van der Waals surface area (Å²) >= 11 is 6.83. The molecular weight excluding hydrogens is 284 g/mol. The molecule has 2 rings (SSSR count). The molecule has 0 aliphatic carbocycles. The number of hydrogen-bond donors (Lipinski definition) is 0. The predicted molar refractivity (Wildman–Crippen MR) is 91.6 cm³/mol. The molecule has 0 N–H and O–H groups in total. The first-order valence-electron chi connectivity index (χ1n) is 6.64. The Morgan fingerprint density at radius 2 is 1.55 bits per heavy atom. The van der Waals surface area contributed by atoms with Crippen LogP contribution < -0.4 is 0 Å². The molecule has 3 heteroatoms. The molecule has 0 unspecified atom stereocenters. The van der Waals surface area contributed by atoms with Crippen LogP contribution in [0.25, 0.3) is 11.1 Å². The first-order valence-corrected chi connectivity index (χ1v) is 8.04. The molecule has 0 saturated heterocycles. The van der Waals surface area contributed by atoms with Gasteiger partial charge in [-0.15, -0.1) is 11.8 Å². The SMILES string of the molecule is CCOC(=S)CSc1ccc(-c2ccc(C)cc2)cc1. The summed E-state index contributed by atoms with van der Waals surface area (Å²) in [7, 11) is 0. The van der Waals surface area contributed by atoms with Crippen LogP contribution in [0.2, 0.25) is 0 Å². The average Bonchev–Trinajstić information content (AvgIpc) is 2.47. The second-order valence-electron chi connectivity index (χ2n) is 4.48. The van der Waals surface area contributed by atoms with E-state index in [-0.39, 0.29) is 0 Å². The van der Waals surface area contributed by atoms with Crippen molar-refractivity contribution in [3.63, 3.8) is 0 Å². The Kier molecular flexibility index (Phi) is 5.62. The van der Waals surface area contributed by atoms with Gasteiger partial charge in [-0.1, -0.05) is 42.0 Å². The normalized spacial score (nSPS) is 10.3. The molecule has 0 heterocycles. The average molecular weight is 302 g/mol. The Bertz CT molecular complexity index is 559. The van der Waals surface area contributed by atoms with Gasteiger partial charge < -0.3 is 4.74 Å². The maximum atomic E-state index is 5.28. The monoisotopic (exact) mass is 302 g/mol. The number of thiocarbonyl (C=S) groups is 1. The first-order chi connectivity index (χ1) is 9.69. The quantitative estimate of drug-likeness (QED) is 0.560. The van der Waals surface area contributed by atoms with Crippen LogP contribution in [-0.2, 0) is 4.74 Å². The van der Waals surface area contributed by atoms with Gasteiger partial charge in [-0.05, 0) is 49.3 Å². The smallest absolute Gasteiger partial charge is 0.169 e. The molecule has 0 aliphatic heterocycles. The lowest BCUT2D eigenvalue weighted by Crippen LogP contribution is -2.03. The van der Waals surface area contributed by atoms with Crippen molar-refractivity contribution >= 4 is 29.0 Å². The van der Waals surface area contributed by atoms with Crippen molar-refractivity contribution in [2.24, 2.45) is 0 Å². The molecule has 20 heavy (non-hydrogen) atoms. The van der Waals surface area contributed by atoms with Gasteiger partial charge in [0.15, 0.2) is 5.05 Å². The zero-order valence-electron chi connectivity index (χ0n) is 11.8. The fourth-order valence-electron chi connectivity index (χ4n) is 1.83. The van der Waals surface area contributed by atoms with Crippen LogP contribution in [0.15, 0.2) is 53.4 Å². The van der Waals surface area contributed by atoms with Gasteiger partial charge in [0.1, 0.15) is 0 Å². The van der Waals surface area contributed by atoms with Gasteiger partial charge in [0.05, 0.1) is 12.4 Å². The number of ether oxygens (including phenoxy) is 1. The van der Waals surface area contributed by atoms with Crippen molar-refractivity contribution in [1.29, 1.82) is 0 Å². The van der Waals surface area contributed by atoms with E-state index < -0.39 is 0 Å². The lowest BCUT2D eigenvalue weighted by Gasteiger charge is -2.06. The standard InChI is InChI=1S/C17H18OS2/c1-3-18-17(19)12-20-16-10-8-15(9-11-16)14-6-4-13(2)5-7-14/h4-11H,3,12H2,1-2H3. The molecule has 0 aromatic heterocycles. The van der Waals surface area contributed by atoms with Crippen LogP contribution in [0.1, 0.15) is 12.5 Å². The molecular formula is C17H18OS2. The molecule has 0 bridgehead atoms. The van der Waals surface area contributed by atoms with E-state index in [4.69, 9.17) is 17.0 Å². The highest BCUT2D eigenvalue weighted by atomic mass is 32.2. The van der Waals surface area contributed by atoms with Crippen molar-refractivity contribution in [3.05, 3.63) is 54.1 Å². The van der Waals surface area contributed by atoms with Crippen LogP contribution in [0, 0.1) is 6.92 Å². The molecule has 0 spiro atoms. The Morgan fingerprint density at radius 1 is 1.00 bits per heavy atom. The van der Waals surface area contributed by atoms with Crippen LogP contribution in [0.3, 0.4) is 0 Å². The molecule has 0 fully saturated rings. The van der Waals surface area contributed by atoms with Gasteiger partial charge >= 0.3 is 0 Å². The summed E-state index contributed by atoms with van der Waals surface area (Å²) < 4.78 is 5.28. The highest BCUT2D eigenvalue weighted by molar-refractivity contribution is 8.01. The van der Waals surface area contributed by atoms with Crippen LogP contribution >= 0.6 is 24.0 Å². The van der Waals surface area contributed by atoms with E-state index in [9.17, 15) is 0 Å². The third-order valence-electron chi connectivity index (χ3n) is 2.90.